The van der Waals surface area contributed by atoms with E-state index in [1.165, 1.54) is 20.8 Å². The van der Waals surface area contributed by atoms with Crippen LogP contribution in [0.4, 0.5) is 0 Å². The van der Waals surface area contributed by atoms with E-state index >= 15 is 0 Å². The monoisotopic (exact) mass is 1770 g/mol. The molecule has 0 aliphatic carbocycles. The van der Waals surface area contributed by atoms with Crippen molar-refractivity contribution in [1.82, 2.24) is 16.0 Å². The fraction of sp³-hybridized carbons (Fsp3) is 0.950. The Morgan fingerprint density at radius 1 is 0.315 bits per heavy atom. The van der Waals surface area contributed by atoms with Crippen molar-refractivity contribution >= 4 is 91.8 Å². The van der Waals surface area contributed by atoms with Gasteiger partial charge in [-0.3, -0.25) is 14.4 Å². The topological polar surface area (TPSA) is 583 Å². The summed E-state index contributed by atoms with van der Waals surface area (Å²) in [5, 5.41) is 97.9. The van der Waals surface area contributed by atoms with Crippen LogP contribution < -0.4 is 16.0 Å². The summed E-state index contributed by atoms with van der Waals surface area (Å²) in [5.74, 6) is -1.48. The number of aliphatic hydroxyl groups is 9. The molecule has 0 aromatic carbocycles. The van der Waals surface area contributed by atoms with Gasteiger partial charge >= 0.3 is 26.9 Å². The van der Waals surface area contributed by atoms with Gasteiger partial charge in [-0.1, -0.05) is 0 Å². The SMILES string of the molecule is CC(=O)NC1C(OCCOCCOCCCOP(O)(=S)OCCCOCC(COCCCOP(O)(O)=S)(COCCCOP(O)(=S)OCCOCCOCCOC2OC(CO)C(O)C(O)C2NC(C)=O)COCCCOP(O)(=S)OCCOCCOCCOC2OC(CO)C(O)C(O)C2NC(C)=O)OC(CO)C(O)C1O. The van der Waals surface area contributed by atoms with Crippen LogP contribution in [-0.2, 0) is 169 Å². The first-order chi connectivity index (χ1) is 52.8. The maximum absolute atomic E-state index is 11.7. The number of carbonyl (C=O) groups is 3. The molecule has 3 saturated heterocycles. The molecule has 3 rings (SSSR count). The Morgan fingerprint density at radius 2 is 0.532 bits per heavy atom. The number of carbonyl (C=O) groups excluding carboxylic acids is 3. The first kappa shape index (κ1) is 105. The predicted octanol–water partition coefficient (Wildman–Crippen LogP) is -5.05. The van der Waals surface area contributed by atoms with Gasteiger partial charge in [0.15, 0.2) is 18.9 Å². The Hall–Kier alpha value is -0.470. The summed E-state index contributed by atoms with van der Waals surface area (Å²) < 4.78 is 129. The summed E-state index contributed by atoms with van der Waals surface area (Å²) in [6.07, 6.45) is -14.5. The van der Waals surface area contributed by atoms with Crippen LogP contribution in [0.1, 0.15) is 52.9 Å². The molecule has 111 heavy (non-hydrogen) atoms. The molecule has 0 aromatic heterocycles. The number of aliphatic hydroxyl groups excluding tert-OH is 9. The van der Waals surface area contributed by atoms with Crippen molar-refractivity contribution in [2.75, 3.05) is 218 Å². The van der Waals surface area contributed by atoms with Gasteiger partial charge in [0.25, 0.3) is 0 Å². The molecule has 18 atom stereocenters. The minimum absolute atomic E-state index is 0.00456. The lowest BCUT2D eigenvalue weighted by atomic mass is 9.92. The summed E-state index contributed by atoms with van der Waals surface area (Å²) in [6.45, 7) is -12.6. The van der Waals surface area contributed by atoms with E-state index in [0.717, 1.165) is 0 Å². The lowest BCUT2D eigenvalue weighted by Gasteiger charge is -2.42. The molecule has 3 heterocycles. The highest BCUT2D eigenvalue weighted by atomic mass is 32.5. The summed E-state index contributed by atoms with van der Waals surface area (Å²) in [6, 6.07) is -3.30. The first-order valence-corrected chi connectivity index (χ1v) is 46.1. The van der Waals surface area contributed by atoms with Gasteiger partial charge in [-0.25, -0.2) is 0 Å². The fourth-order valence-electron chi connectivity index (χ4n) is 10.1. The molecule has 3 amide bonds. The van der Waals surface area contributed by atoms with Gasteiger partial charge in [-0.15, -0.1) is 0 Å². The molecule has 0 bridgehead atoms. The molecule has 3 aliphatic rings. The summed E-state index contributed by atoms with van der Waals surface area (Å²) >= 11 is 20.1. The Kier molecular flexibility index (Phi) is 55.9. The number of ether oxygens (including phenoxy) is 16. The smallest absolute Gasteiger partial charge is 0.324 e. The van der Waals surface area contributed by atoms with Crippen LogP contribution >= 0.6 is 26.9 Å². The molecule has 3 aliphatic heterocycles. The maximum atomic E-state index is 11.7. The fourth-order valence-corrected chi connectivity index (χ4v) is 14.3. The van der Waals surface area contributed by atoms with Crippen LogP contribution in [-0.4, -0.2) is 398 Å². The van der Waals surface area contributed by atoms with Crippen molar-refractivity contribution < 1.29 is 192 Å². The van der Waals surface area contributed by atoms with E-state index in [-0.39, 0.29) is 224 Å². The van der Waals surface area contributed by atoms with Crippen molar-refractivity contribution in [3.63, 3.8) is 0 Å². The molecule has 0 saturated carbocycles. The van der Waals surface area contributed by atoms with Gasteiger partial charge < -0.3 is 194 Å². The van der Waals surface area contributed by atoms with Crippen molar-refractivity contribution in [1.29, 1.82) is 0 Å². The van der Waals surface area contributed by atoms with Crippen molar-refractivity contribution in [2.45, 2.75) is 145 Å². The summed E-state index contributed by atoms with van der Waals surface area (Å²) in [4.78, 5) is 86.3. The van der Waals surface area contributed by atoms with E-state index in [0.29, 0.717) is 6.42 Å². The summed E-state index contributed by atoms with van der Waals surface area (Å²) in [5.41, 5.74) is -1.05. The largest absolute Gasteiger partial charge is 0.394 e. The zero-order chi connectivity index (χ0) is 82.1. The maximum Gasteiger partial charge on any atom is 0.324 e. The van der Waals surface area contributed by atoms with Gasteiger partial charge in [0.1, 0.15) is 73.1 Å². The third-order valence-corrected chi connectivity index (χ3v) is 21.2. The van der Waals surface area contributed by atoms with Gasteiger partial charge in [0.2, 0.25) is 17.7 Å². The van der Waals surface area contributed by atoms with E-state index in [1.807, 2.05) is 0 Å². The normalized spacial score (nSPS) is 26.7. The number of nitrogens with one attached hydrogen (secondary N) is 3. The Balaban J connectivity index is 1.47. The zero-order valence-corrected chi connectivity index (χ0v) is 69.2. The molecular weight excluding hydrogens is 1650 g/mol. The highest BCUT2D eigenvalue weighted by Crippen LogP contribution is 2.45. The number of hydrogen-bond acceptors (Lipinski definition) is 39. The number of rotatable bonds is 68. The van der Waals surface area contributed by atoms with E-state index in [1.54, 1.807) is 0 Å². The number of hydrogen-bond donors (Lipinski definition) is 17. The molecular formula is C60H117N3O40P4S4. The van der Waals surface area contributed by atoms with Gasteiger partial charge in [-0.2, -0.15) is 0 Å². The molecule has 0 radical (unpaired) electrons. The Bertz CT molecular complexity index is 2590. The van der Waals surface area contributed by atoms with Crippen LogP contribution in [0.3, 0.4) is 0 Å². The van der Waals surface area contributed by atoms with Crippen molar-refractivity contribution in [3.8, 4) is 0 Å². The quantitative estimate of drug-likeness (QED) is 0.0200. The standard InChI is InChI=1S/C60H117N3O40P4S4/c1-42(67)61-48-54(73)51(70)45(35-64)101-57(48)91-30-25-82-20-19-81-9-4-15-95-105(78,109)96-16-6-11-88-39-60(38-87-10-5-14-94-104(76,77)108,40-89-12-7-17-97-106(79,110)99-33-28-85-23-21-83-26-31-92-58-49(62-43(2)68)55(74)52(71)46(36-65)102-58)41-90-13-8-18-98-107(80,111)100-34-29-86-24-22-84-27-32-93-59-50(63-44(3)69)56(75)53(72)47(37-66)103-59/h45-59,64-66,70-75H,4-41H2,1-3H3,(H,61,67)(H,62,68)(H,63,69)(H,78,109)(H,79,110)(H,80,111)(H2,76,77,108). The minimum atomic E-state index is -3.93. The van der Waals surface area contributed by atoms with Crippen LogP contribution in [0.15, 0.2) is 0 Å². The van der Waals surface area contributed by atoms with Crippen LogP contribution in [0.25, 0.3) is 0 Å². The first-order valence-electron chi connectivity index (χ1n) is 35.7. The zero-order valence-electron chi connectivity index (χ0n) is 62.3. The highest BCUT2D eigenvalue weighted by molar-refractivity contribution is 8.08. The molecule has 18 unspecified atom stereocenters. The predicted molar refractivity (Wildman–Crippen MR) is 398 cm³/mol. The molecule has 17 N–H and O–H groups in total. The number of amides is 3. The molecule has 3 fully saturated rings. The average Bonchev–Trinajstić information content (AvgIpc) is 0.819. The van der Waals surface area contributed by atoms with E-state index < -0.39 is 162 Å². The molecule has 43 nitrogen and oxygen atoms in total. The van der Waals surface area contributed by atoms with Crippen molar-refractivity contribution in [3.05, 3.63) is 0 Å². The van der Waals surface area contributed by atoms with E-state index in [9.17, 15) is 84.8 Å². The Morgan fingerprint density at radius 3 is 0.775 bits per heavy atom. The second-order valence-electron chi connectivity index (χ2n) is 24.8. The molecule has 51 heteroatoms. The Labute approximate surface area is 665 Å². The third-order valence-electron chi connectivity index (χ3n) is 15.4. The lowest BCUT2D eigenvalue weighted by molar-refractivity contribution is -0.272. The van der Waals surface area contributed by atoms with Gasteiger partial charge in [0, 0.05) is 53.8 Å². The highest BCUT2D eigenvalue weighted by Gasteiger charge is 2.48. The molecule has 0 spiro atoms. The lowest BCUT2D eigenvalue weighted by Crippen LogP contribution is -2.64. The van der Waals surface area contributed by atoms with E-state index in [4.69, 9.17) is 143 Å². The molecule has 0 aromatic rings. The third kappa shape index (κ3) is 46.8. The van der Waals surface area contributed by atoms with E-state index in [2.05, 4.69) is 27.8 Å². The summed E-state index contributed by atoms with van der Waals surface area (Å²) in [7, 11) is 0. The van der Waals surface area contributed by atoms with Crippen molar-refractivity contribution in [2.24, 2.45) is 5.41 Å². The van der Waals surface area contributed by atoms with Crippen LogP contribution in [0, 0.1) is 5.41 Å². The second kappa shape index (κ2) is 59.3. The minimum Gasteiger partial charge on any atom is -0.394 e. The van der Waals surface area contributed by atoms with Gasteiger partial charge in [0.05, 0.1) is 190 Å². The second-order valence-corrected chi connectivity index (χ2v) is 36.0. The molecule has 656 valence electrons. The average molecular weight is 1770 g/mol. The van der Waals surface area contributed by atoms with Gasteiger partial charge in [-0.05, 0) is 79.3 Å². The van der Waals surface area contributed by atoms with Crippen LogP contribution in [0.2, 0.25) is 0 Å². The van der Waals surface area contributed by atoms with Crippen LogP contribution in [0.5, 0.6) is 0 Å².